The van der Waals surface area contributed by atoms with Crippen LogP contribution in [0.3, 0.4) is 0 Å². The number of hydrogen-bond donors (Lipinski definition) is 9. The molecule has 0 aliphatic rings. The van der Waals surface area contributed by atoms with Gasteiger partial charge in [-0.3, -0.25) is 28.8 Å². The molecule has 0 saturated carbocycles. The van der Waals surface area contributed by atoms with Crippen LogP contribution in [-0.4, -0.2) is 82.4 Å². The Bertz CT molecular complexity index is 837. The molecule has 0 saturated heterocycles. The molecule has 0 aliphatic heterocycles. The molecule has 0 aromatic carbocycles. The zero-order valence-electron chi connectivity index (χ0n) is 20.4. The minimum Gasteiger partial charge on any atom is -0.481 e. The Morgan fingerprint density at radius 2 is 1.08 bits per heavy atom. The van der Waals surface area contributed by atoms with Crippen LogP contribution < -0.4 is 38.9 Å². The fraction of sp³-hybridized carbons (Fsp3) is 0.667. The summed E-state index contributed by atoms with van der Waals surface area (Å²) in [6.07, 6.45) is -0.772. The number of nitrogens with two attached hydrogens (primary N) is 4. The standard InChI is InChI=1S/C21H37N7O9/c22-10-2-1-3-12(26-18(33)11(23)4-9-17(31)32)19(34)27-13(5-7-15(24)29)20(35)28-14(21(36)37)6-8-16(25)30/h11-14H,1-10,22-23H2,(H2,24,29)(H2,25,30)(H,26,33)(H,27,34)(H,28,35)(H,31,32)(H,36,37). The molecular formula is C21H37N7O9. The Labute approximate surface area is 213 Å². The second kappa shape index (κ2) is 17.6. The molecule has 0 spiro atoms. The van der Waals surface area contributed by atoms with E-state index in [-0.39, 0.29) is 44.9 Å². The van der Waals surface area contributed by atoms with Gasteiger partial charge in [0.1, 0.15) is 18.1 Å². The Balaban J connectivity index is 5.58. The van der Waals surface area contributed by atoms with Crippen molar-refractivity contribution in [2.75, 3.05) is 6.54 Å². The van der Waals surface area contributed by atoms with E-state index < -0.39 is 65.6 Å². The fourth-order valence-corrected chi connectivity index (χ4v) is 3.09. The monoisotopic (exact) mass is 531 g/mol. The summed E-state index contributed by atoms with van der Waals surface area (Å²) >= 11 is 0. The first-order valence-corrected chi connectivity index (χ1v) is 11.7. The van der Waals surface area contributed by atoms with E-state index in [9.17, 15) is 38.7 Å². The molecule has 210 valence electrons. The van der Waals surface area contributed by atoms with Crippen molar-refractivity contribution in [1.82, 2.24) is 16.0 Å². The molecular weight excluding hydrogens is 494 g/mol. The minimum absolute atomic E-state index is 0.0982. The molecule has 0 radical (unpaired) electrons. The highest BCUT2D eigenvalue weighted by Gasteiger charge is 2.30. The summed E-state index contributed by atoms with van der Waals surface area (Å²) in [5, 5.41) is 25.1. The van der Waals surface area contributed by atoms with E-state index in [1.165, 1.54) is 0 Å². The van der Waals surface area contributed by atoms with Crippen molar-refractivity contribution in [2.45, 2.75) is 82.0 Å². The Morgan fingerprint density at radius 1 is 0.622 bits per heavy atom. The number of unbranched alkanes of at least 4 members (excludes halogenated alkanes) is 1. The van der Waals surface area contributed by atoms with Crippen molar-refractivity contribution in [3.8, 4) is 0 Å². The van der Waals surface area contributed by atoms with Crippen LogP contribution >= 0.6 is 0 Å². The normalized spacial score (nSPS) is 13.9. The maximum Gasteiger partial charge on any atom is 0.326 e. The average Bonchev–Trinajstić information content (AvgIpc) is 2.81. The van der Waals surface area contributed by atoms with Gasteiger partial charge in [0.05, 0.1) is 6.04 Å². The van der Waals surface area contributed by atoms with Gasteiger partial charge in [0, 0.05) is 19.3 Å². The molecule has 16 heteroatoms. The van der Waals surface area contributed by atoms with E-state index in [0.29, 0.717) is 19.4 Å². The van der Waals surface area contributed by atoms with E-state index in [0.717, 1.165) is 0 Å². The number of aliphatic carboxylic acids is 2. The van der Waals surface area contributed by atoms with Crippen molar-refractivity contribution in [3.05, 3.63) is 0 Å². The predicted molar refractivity (Wildman–Crippen MR) is 128 cm³/mol. The molecule has 0 aromatic rings. The second-order valence-electron chi connectivity index (χ2n) is 8.36. The lowest BCUT2D eigenvalue weighted by molar-refractivity contribution is -0.143. The number of primary amides is 2. The lowest BCUT2D eigenvalue weighted by Crippen LogP contribution is -2.57. The fourth-order valence-electron chi connectivity index (χ4n) is 3.09. The summed E-state index contributed by atoms with van der Waals surface area (Å²) in [5.41, 5.74) is 21.3. The number of amides is 5. The van der Waals surface area contributed by atoms with Crippen LogP contribution in [-0.2, 0) is 33.6 Å². The SMILES string of the molecule is NCCCCC(NC(=O)C(N)CCC(=O)O)C(=O)NC(CCC(N)=O)C(=O)NC(CCC(N)=O)C(=O)O. The summed E-state index contributed by atoms with van der Waals surface area (Å²) in [7, 11) is 0. The number of carbonyl (C=O) groups excluding carboxylic acids is 5. The van der Waals surface area contributed by atoms with E-state index in [1.54, 1.807) is 0 Å². The summed E-state index contributed by atoms with van der Waals surface area (Å²) in [5.74, 6) is -6.74. The van der Waals surface area contributed by atoms with Crippen LogP contribution in [0.4, 0.5) is 0 Å². The van der Waals surface area contributed by atoms with Crippen LogP contribution in [0.25, 0.3) is 0 Å². The van der Waals surface area contributed by atoms with Crippen LogP contribution in [0.2, 0.25) is 0 Å². The lowest BCUT2D eigenvalue weighted by Gasteiger charge is -2.25. The number of carboxylic acids is 2. The van der Waals surface area contributed by atoms with E-state index in [4.69, 9.17) is 28.0 Å². The number of nitrogens with one attached hydrogen (secondary N) is 3. The average molecular weight is 532 g/mol. The molecule has 0 bridgehead atoms. The third-order valence-corrected chi connectivity index (χ3v) is 5.19. The molecule has 0 fully saturated rings. The van der Waals surface area contributed by atoms with Gasteiger partial charge in [-0.2, -0.15) is 0 Å². The van der Waals surface area contributed by atoms with E-state index in [2.05, 4.69) is 16.0 Å². The molecule has 13 N–H and O–H groups in total. The Hall–Kier alpha value is -3.79. The largest absolute Gasteiger partial charge is 0.481 e. The Kier molecular flexibility index (Phi) is 15.8. The second-order valence-corrected chi connectivity index (χ2v) is 8.36. The number of hydrogen-bond acceptors (Lipinski definition) is 9. The molecule has 37 heavy (non-hydrogen) atoms. The van der Waals surface area contributed by atoms with Crippen LogP contribution in [0.15, 0.2) is 0 Å². The smallest absolute Gasteiger partial charge is 0.326 e. The van der Waals surface area contributed by atoms with Gasteiger partial charge in [-0.05, 0) is 45.1 Å². The van der Waals surface area contributed by atoms with E-state index in [1.807, 2.05) is 0 Å². The van der Waals surface area contributed by atoms with Crippen LogP contribution in [0.1, 0.15) is 57.8 Å². The van der Waals surface area contributed by atoms with E-state index >= 15 is 0 Å². The molecule has 0 heterocycles. The minimum atomic E-state index is -1.50. The molecule has 0 aliphatic carbocycles. The quantitative estimate of drug-likeness (QED) is 0.0690. The summed E-state index contributed by atoms with van der Waals surface area (Å²) in [6, 6.07) is -5.31. The Morgan fingerprint density at radius 3 is 1.54 bits per heavy atom. The zero-order valence-corrected chi connectivity index (χ0v) is 20.4. The van der Waals surface area contributed by atoms with Gasteiger partial charge in [0.2, 0.25) is 29.5 Å². The molecule has 5 amide bonds. The third kappa shape index (κ3) is 15.0. The van der Waals surface area contributed by atoms with Crippen molar-refractivity contribution < 1.29 is 43.8 Å². The van der Waals surface area contributed by atoms with Crippen molar-refractivity contribution in [1.29, 1.82) is 0 Å². The maximum absolute atomic E-state index is 13.0. The highest BCUT2D eigenvalue weighted by atomic mass is 16.4. The number of rotatable bonds is 20. The first-order valence-electron chi connectivity index (χ1n) is 11.7. The molecule has 4 atom stereocenters. The van der Waals surface area contributed by atoms with Gasteiger partial charge in [0.25, 0.3) is 0 Å². The van der Waals surface area contributed by atoms with Gasteiger partial charge >= 0.3 is 11.9 Å². The number of carboxylic acid groups (broad SMARTS) is 2. The summed E-state index contributed by atoms with van der Waals surface area (Å²) < 4.78 is 0. The molecule has 4 unspecified atom stereocenters. The van der Waals surface area contributed by atoms with Gasteiger partial charge in [-0.25, -0.2) is 4.79 Å². The van der Waals surface area contributed by atoms with Gasteiger partial charge in [-0.15, -0.1) is 0 Å². The van der Waals surface area contributed by atoms with Gasteiger partial charge in [0.15, 0.2) is 0 Å². The summed E-state index contributed by atoms with van der Waals surface area (Å²) in [6.45, 7) is 0.311. The first-order chi connectivity index (χ1) is 17.3. The zero-order chi connectivity index (χ0) is 28.5. The topological polar surface area (TPSA) is 300 Å². The van der Waals surface area contributed by atoms with Crippen molar-refractivity contribution in [3.63, 3.8) is 0 Å². The highest BCUT2D eigenvalue weighted by molar-refractivity contribution is 5.94. The third-order valence-electron chi connectivity index (χ3n) is 5.19. The lowest BCUT2D eigenvalue weighted by atomic mass is 10.0. The maximum atomic E-state index is 13.0. The van der Waals surface area contributed by atoms with Crippen molar-refractivity contribution >= 4 is 41.5 Å². The van der Waals surface area contributed by atoms with Gasteiger partial charge < -0.3 is 49.1 Å². The predicted octanol–water partition coefficient (Wildman–Crippen LogP) is -3.62. The van der Waals surface area contributed by atoms with Crippen molar-refractivity contribution in [2.24, 2.45) is 22.9 Å². The first kappa shape index (κ1) is 33.2. The van der Waals surface area contributed by atoms with Crippen LogP contribution in [0, 0.1) is 0 Å². The van der Waals surface area contributed by atoms with Gasteiger partial charge in [-0.1, -0.05) is 0 Å². The summed E-state index contributed by atoms with van der Waals surface area (Å²) in [4.78, 5) is 82.6. The highest BCUT2D eigenvalue weighted by Crippen LogP contribution is 2.07. The molecule has 16 nitrogen and oxygen atoms in total. The molecule has 0 aromatic heterocycles. The molecule has 0 rings (SSSR count). The van der Waals surface area contributed by atoms with Crippen LogP contribution in [0.5, 0.6) is 0 Å². The number of carbonyl (C=O) groups is 7.